The largest absolute Gasteiger partial charge is 0.383 e. The zero-order valence-corrected chi connectivity index (χ0v) is 15.0. The third-order valence-corrected chi connectivity index (χ3v) is 5.81. The lowest BCUT2D eigenvalue weighted by Crippen LogP contribution is -2.27. The first kappa shape index (κ1) is 16.9. The quantitative estimate of drug-likeness (QED) is 0.636. The maximum atomic E-state index is 6.08. The van der Waals surface area contributed by atoms with Gasteiger partial charge in [-0.05, 0) is 17.1 Å². The number of hydrogen-bond donors (Lipinski definition) is 2. The number of nitrogens with one attached hydrogen (secondary N) is 1. The first-order valence-corrected chi connectivity index (χ1v) is 9.22. The van der Waals surface area contributed by atoms with Crippen molar-refractivity contribution in [1.29, 1.82) is 0 Å². The lowest BCUT2D eigenvalue weighted by atomic mass is 10.1. The summed E-state index contributed by atoms with van der Waals surface area (Å²) in [5, 5.41) is 4.53. The van der Waals surface area contributed by atoms with Crippen molar-refractivity contribution < 1.29 is 4.74 Å². The second kappa shape index (κ2) is 7.77. The van der Waals surface area contributed by atoms with Crippen molar-refractivity contribution in [2.24, 2.45) is 5.73 Å². The highest BCUT2D eigenvalue weighted by molar-refractivity contribution is 7.24. The Labute approximate surface area is 149 Å². The van der Waals surface area contributed by atoms with Crippen LogP contribution in [0.15, 0.2) is 30.3 Å². The van der Waals surface area contributed by atoms with Crippen LogP contribution in [0.25, 0.3) is 10.2 Å². The van der Waals surface area contributed by atoms with Crippen LogP contribution in [-0.2, 0) is 17.7 Å². The lowest BCUT2D eigenvalue weighted by molar-refractivity contribution is 0.180. The van der Waals surface area contributed by atoms with Crippen molar-refractivity contribution >= 4 is 38.1 Å². The van der Waals surface area contributed by atoms with E-state index in [4.69, 9.17) is 16.9 Å². The molecule has 0 aliphatic heterocycles. The molecule has 4 nitrogen and oxygen atoms in total. The molecule has 0 aliphatic carbocycles. The normalized spacial score (nSPS) is 12.2. The van der Waals surface area contributed by atoms with Gasteiger partial charge in [-0.3, -0.25) is 0 Å². The van der Waals surface area contributed by atoms with Crippen LogP contribution < -0.4 is 11.1 Å². The molecule has 0 radical (unpaired) electrons. The van der Waals surface area contributed by atoms with Gasteiger partial charge in [0.25, 0.3) is 0 Å². The van der Waals surface area contributed by atoms with E-state index in [-0.39, 0.29) is 6.04 Å². The molecule has 0 bridgehead atoms. The lowest BCUT2D eigenvalue weighted by Gasteiger charge is -2.08. The fourth-order valence-corrected chi connectivity index (χ4v) is 4.72. The van der Waals surface area contributed by atoms with Gasteiger partial charge >= 0.3 is 0 Å². The highest BCUT2D eigenvalue weighted by Gasteiger charge is 2.18. The Bertz CT molecular complexity index is 848. The Kier molecular flexibility index (Phi) is 5.48. The molecule has 0 saturated carbocycles. The van der Waals surface area contributed by atoms with E-state index in [0.29, 0.717) is 13.0 Å². The second-order valence-corrected chi connectivity index (χ2v) is 7.37. The van der Waals surface area contributed by atoms with Gasteiger partial charge in [0.15, 0.2) is 0 Å². The molecule has 1 aromatic carbocycles. The summed E-state index contributed by atoms with van der Waals surface area (Å²) in [5.41, 5.74) is 9.09. The van der Waals surface area contributed by atoms with Crippen LogP contribution in [0.1, 0.15) is 16.0 Å². The second-order valence-electron chi connectivity index (χ2n) is 5.49. The zero-order valence-electron chi connectivity index (χ0n) is 13.4. The molecule has 124 valence electrons. The van der Waals surface area contributed by atoms with Crippen molar-refractivity contribution in [1.82, 2.24) is 4.37 Å². The average Bonchev–Trinajstić information content (AvgIpc) is 3.12. The van der Waals surface area contributed by atoms with Crippen molar-refractivity contribution in [2.75, 3.05) is 19.0 Å². The molecule has 0 fully saturated rings. The minimum absolute atomic E-state index is 0.0609. The number of fused-ring (bicyclic) bond motifs is 1. The third kappa shape index (κ3) is 3.60. The zero-order chi connectivity index (χ0) is 16.9. The number of terminal acetylenes is 1. The molecule has 0 amide bonds. The van der Waals surface area contributed by atoms with Gasteiger partial charge in [0, 0.05) is 31.0 Å². The summed E-state index contributed by atoms with van der Waals surface area (Å²) >= 11 is 3.13. The van der Waals surface area contributed by atoms with Gasteiger partial charge in [0.1, 0.15) is 10.5 Å². The first-order valence-electron chi connectivity index (χ1n) is 7.63. The molecular formula is C18H19N3OS2. The number of nitrogens with two attached hydrogens (primary N) is 1. The number of aromatic nitrogens is 1. The van der Waals surface area contributed by atoms with Crippen LogP contribution >= 0.6 is 22.9 Å². The molecule has 6 heteroatoms. The number of hydrogen-bond acceptors (Lipinski definition) is 6. The standard InChI is InChI=1S/C18H19N3OS2/c1-3-14-15(9-13(19)11-22-2)23-17-16(14)21-24-18(17)20-10-12-7-5-4-6-8-12/h1,4-8,13,20H,9-11,19H2,2H3/t13-/m1/s1. The van der Waals surface area contributed by atoms with Gasteiger partial charge in [-0.1, -0.05) is 36.3 Å². The fourth-order valence-electron chi connectivity index (χ4n) is 2.54. The molecule has 0 unspecified atom stereocenters. The fraction of sp³-hybridized carbons (Fsp3) is 0.278. The monoisotopic (exact) mass is 357 g/mol. The highest BCUT2D eigenvalue weighted by Crippen LogP contribution is 2.39. The summed E-state index contributed by atoms with van der Waals surface area (Å²) in [4.78, 5) is 1.11. The van der Waals surface area contributed by atoms with Crippen molar-refractivity contribution in [3.63, 3.8) is 0 Å². The smallest absolute Gasteiger partial charge is 0.127 e. The van der Waals surface area contributed by atoms with Gasteiger partial charge < -0.3 is 15.8 Å². The molecule has 1 atom stereocenters. The van der Waals surface area contributed by atoms with E-state index >= 15 is 0 Å². The van der Waals surface area contributed by atoms with Gasteiger partial charge in [0.05, 0.1) is 16.9 Å². The Morgan fingerprint density at radius 2 is 2.17 bits per heavy atom. The van der Waals surface area contributed by atoms with Crippen LogP contribution in [0, 0.1) is 12.3 Å². The molecule has 0 saturated heterocycles. The summed E-state index contributed by atoms with van der Waals surface area (Å²) in [6.45, 7) is 1.28. The molecule has 0 spiro atoms. The van der Waals surface area contributed by atoms with Gasteiger partial charge in [-0.15, -0.1) is 17.8 Å². The molecule has 0 aliphatic rings. The van der Waals surface area contributed by atoms with Crippen LogP contribution in [-0.4, -0.2) is 24.1 Å². The van der Waals surface area contributed by atoms with Gasteiger partial charge in [-0.25, -0.2) is 0 Å². The number of methoxy groups -OCH3 is 1. The van der Waals surface area contributed by atoms with Crippen molar-refractivity contribution in [3.8, 4) is 12.3 Å². The first-order chi connectivity index (χ1) is 11.7. The Hall–Kier alpha value is -1.91. The van der Waals surface area contributed by atoms with Gasteiger partial charge in [-0.2, -0.15) is 4.37 Å². The summed E-state index contributed by atoms with van der Waals surface area (Å²) in [6, 6.07) is 10.2. The van der Waals surface area contributed by atoms with Crippen molar-refractivity contribution in [2.45, 2.75) is 19.0 Å². The third-order valence-electron chi connectivity index (χ3n) is 3.66. The summed E-state index contributed by atoms with van der Waals surface area (Å²) in [7, 11) is 1.65. The number of ether oxygens (including phenoxy) is 1. The van der Waals surface area contributed by atoms with E-state index in [0.717, 1.165) is 32.2 Å². The van der Waals surface area contributed by atoms with E-state index < -0.39 is 0 Å². The number of rotatable bonds is 7. The van der Waals surface area contributed by atoms with Crippen LogP contribution in [0.4, 0.5) is 5.00 Å². The van der Waals surface area contributed by atoms with Gasteiger partial charge in [0.2, 0.25) is 0 Å². The molecule has 3 N–H and O–H groups in total. The summed E-state index contributed by atoms with van der Waals surface area (Å²) < 4.78 is 10.8. The Morgan fingerprint density at radius 3 is 2.88 bits per heavy atom. The summed E-state index contributed by atoms with van der Waals surface area (Å²) in [5.74, 6) is 2.78. The molecule has 3 rings (SSSR count). The van der Waals surface area contributed by atoms with Crippen molar-refractivity contribution in [3.05, 3.63) is 46.3 Å². The number of anilines is 1. The molecule has 3 aromatic rings. The Balaban J connectivity index is 1.83. The predicted molar refractivity (Wildman–Crippen MR) is 103 cm³/mol. The minimum atomic E-state index is -0.0609. The van der Waals surface area contributed by atoms with E-state index in [1.165, 1.54) is 17.1 Å². The molecule has 2 aromatic heterocycles. The van der Waals surface area contributed by atoms with Crippen LogP contribution in [0.5, 0.6) is 0 Å². The van der Waals surface area contributed by atoms with E-state index in [2.05, 4.69) is 27.7 Å². The Morgan fingerprint density at radius 1 is 1.38 bits per heavy atom. The van der Waals surface area contributed by atoms with E-state index in [9.17, 15) is 0 Å². The number of benzene rings is 1. The summed E-state index contributed by atoms with van der Waals surface area (Å²) in [6.07, 6.45) is 6.42. The highest BCUT2D eigenvalue weighted by atomic mass is 32.1. The number of thiophene rings is 1. The predicted octanol–water partition coefficient (Wildman–Crippen LogP) is 3.47. The average molecular weight is 358 g/mol. The molecule has 2 heterocycles. The SMILES string of the molecule is C#Cc1c(C[C@@H](N)COC)sc2c(NCc3ccccc3)snc12. The van der Waals surface area contributed by atoms with Crippen LogP contribution in [0.3, 0.4) is 0 Å². The maximum Gasteiger partial charge on any atom is 0.127 e. The van der Waals surface area contributed by atoms with E-state index in [1.807, 2.05) is 18.2 Å². The molecular weight excluding hydrogens is 338 g/mol. The number of nitrogens with zero attached hydrogens (tertiary/aromatic N) is 1. The maximum absolute atomic E-state index is 6.08. The minimum Gasteiger partial charge on any atom is -0.383 e. The molecule has 24 heavy (non-hydrogen) atoms. The van der Waals surface area contributed by atoms with Crippen LogP contribution in [0.2, 0.25) is 0 Å². The van der Waals surface area contributed by atoms with E-state index in [1.54, 1.807) is 18.4 Å². The topological polar surface area (TPSA) is 60.2 Å².